The summed E-state index contributed by atoms with van der Waals surface area (Å²) in [7, 11) is 0. The number of hydrogen-bond donors (Lipinski definition) is 2. The van der Waals surface area contributed by atoms with Crippen LogP contribution in [0.5, 0.6) is 0 Å². The van der Waals surface area contributed by atoms with Crippen LogP contribution in [0.4, 0.5) is 0 Å². The Morgan fingerprint density at radius 3 is 1.81 bits per heavy atom. The van der Waals surface area contributed by atoms with Crippen molar-refractivity contribution >= 4 is 0 Å². The van der Waals surface area contributed by atoms with E-state index in [1.54, 1.807) is 36.4 Å². The van der Waals surface area contributed by atoms with Crippen molar-refractivity contribution in [2.24, 2.45) is 0 Å². The lowest BCUT2D eigenvalue weighted by atomic mass is 10.0. The Hall–Kier alpha value is -2.14. The molecular weight excluding hydrogens is 204 g/mol. The van der Waals surface area contributed by atoms with Crippen LogP contribution in [0.15, 0.2) is 35.4 Å². The quantitative estimate of drug-likeness (QED) is 0.630. The molecule has 4 nitrogen and oxygen atoms in total. The molecule has 78 valence electrons. The number of aliphatic hydroxyl groups excluding tert-OH is 2. The van der Waals surface area contributed by atoms with Gasteiger partial charge in [-0.2, -0.15) is 10.5 Å². The largest absolute Gasteiger partial charge is 0.384 e. The lowest BCUT2D eigenvalue weighted by Gasteiger charge is -2.07. The number of benzene rings is 1. The van der Waals surface area contributed by atoms with Crippen molar-refractivity contribution in [3.63, 3.8) is 0 Å². The molecule has 0 heterocycles. The smallest absolute Gasteiger partial charge is 0.134 e. The van der Waals surface area contributed by atoms with E-state index in [0.717, 1.165) is 0 Å². The minimum absolute atomic E-state index is 0.0752. The molecule has 4 heteroatoms. The van der Waals surface area contributed by atoms with E-state index in [1.807, 2.05) is 0 Å². The summed E-state index contributed by atoms with van der Waals surface area (Å²) in [6.45, 7) is 0. The molecule has 0 radical (unpaired) electrons. The molecule has 1 aromatic rings. The Balaban J connectivity index is 2.65. The van der Waals surface area contributed by atoms with Gasteiger partial charge >= 0.3 is 0 Å². The van der Waals surface area contributed by atoms with Crippen LogP contribution in [0.1, 0.15) is 23.3 Å². The maximum atomic E-state index is 9.92. The molecule has 0 bridgehead atoms. The van der Waals surface area contributed by atoms with Crippen LogP contribution in [0.25, 0.3) is 0 Å². The van der Waals surface area contributed by atoms with Crippen molar-refractivity contribution in [1.29, 1.82) is 10.5 Å². The summed E-state index contributed by atoms with van der Waals surface area (Å²) in [6, 6.07) is 10.2. The SMILES string of the molecule is N#CC(C#N)=C1C(O)c2ccccc2C1O. The van der Waals surface area contributed by atoms with Crippen molar-refractivity contribution in [1.82, 2.24) is 0 Å². The van der Waals surface area contributed by atoms with E-state index in [0.29, 0.717) is 11.1 Å². The zero-order chi connectivity index (χ0) is 11.7. The molecule has 0 aromatic heterocycles. The normalized spacial score (nSPS) is 22.1. The van der Waals surface area contributed by atoms with E-state index in [1.165, 1.54) is 0 Å². The Kier molecular flexibility index (Phi) is 2.46. The minimum Gasteiger partial charge on any atom is -0.384 e. The van der Waals surface area contributed by atoms with Crippen LogP contribution in [0.3, 0.4) is 0 Å². The van der Waals surface area contributed by atoms with Gasteiger partial charge < -0.3 is 10.2 Å². The highest BCUT2D eigenvalue weighted by atomic mass is 16.3. The van der Waals surface area contributed by atoms with E-state index < -0.39 is 12.2 Å². The van der Waals surface area contributed by atoms with Gasteiger partial charge in [-0.05, 0) is 11.1 Å². The second-order valence-corrected chi connectivity index (χ2v) is 3.49. The van der Waals surface area contributed by atoms with E-state index in [-0.39, 0.29) is 11.1 Å². The van der Waals surface area contributed by atoms with Gasteiger partial charge in [0.05, 0.1) is 0 Å². The first-order chi connectivity index (χ1) is 7.70. The molecule has 0 spiro atoms. The Bertz CT molecular complexity index is 502. The topological polar surface area (TPSA) is 88.0 Å². The number of nitrogens with zero attached hydrogens (tertiary/aromatic N) is 2. The molecule has 2 N–H and O–H groups in total. The highest BCUT2D eigenvalue weighted by Gasteiger charge is 2.35. The molecule has 1 aliphatic rings. The van der Waals surface area contributed by atoms with E-state index in [9.17, 15) is 10.2 Å². The molecule has 16 heavy (non-hydrogen) atoms. The van der Waals surface area contributed by atoms with Crippen molar-refractivity contribution in [2.75, 3.05) is 0 Å². The zero-order valence-electron chi connectivity index (χ0n) is 8.25. The maximum absolute atomic E-state index is 9.92. The van der Waals surface area contributed by atoms with Crippen LogP contribution in [0, 0.1) is 22.7 Å². The molecule has 0 saturated carbocycles. The average Bonchev–Trinajstić information content (AvgIpc) is 2.57. The summed E-state index contributed by atoms with van der Waals surface area (Å²) in [6.07, 6.45) is -2.14. The molecule has 2 unspecified atom stereocenters. The summed E-state index contributed by atoms with van der Waals surface area (Å²) in [5, 5.41) is 37.3. The maximum Gasteiger partial charge on any atom is 0.134 e. The van der Waals surface area contributed by atoms with Crippen LogP contribution >= 0.6 is 0 Å². The average molecular weight is 212 g/mol. The summed E-state index contributed by atoms with van der Waals surface area (Å²) < 4.78 is 0. The summed E-state index contributed by atoms with van der Waals surface area (Å²) in [5.41, 5.74) is 0.948. The highest BCUT2D eigenvalue weighted by Crippen LogP contribution is 2.44. The second kappa shape index (κ2) is 3.79. The summed E-state index contributed by atoms with van der Waals surface area (Å²) >= 11 is 0. The predicted octanol–water partition coefficient (Wildman–Crippen LogP) is 1.11. The molecule has 1 aliphatic carbocycles. The van der Waals surface area contributed by atoms with Crippen LogP contribution in [-0.4, -0.2) is 10.2 Å². The van der Waals surface area contributed by atoms with Gasteiger partial charge in [0.2, 0.25) is 0 Å². The van der Waals surface area contributed by atoms with E-state index >= 15 is 0 Å². The first-order valence-corrected chi connectivity index (χ1v) is 4.70. The molecule has 0 aliphatic heterocycles. The highest BCUT2D eigenvalue weighted by molar-refractivity contribution is 5.54. The number of fused-ring (bicyclic) bond motifs is 1. The Morgan fingerprint density at radius 1 is 1.00 bits per heavy atom. The summed E-state index contributed by atoms with van der Waals surface area (Å²) in [4.78, 5) is 0. The fraction of sp³-hybridized carbons (Fsp3) is 0.167. The van der Waals surface area contributed by atoms with Gasteiger partial charge in [-0.1, -0.05) is 24.3 Å². The van der Waals surface area contributed by atoms with Gasteiger partial charge in [-0.25, -0.2) is 0 Å². The Labute approximate surface area is 92.3 Å². The molecule has 0 amide bonds. The molecule has 2 atom stereocenters. The van der Waals surface area contributed by atoms with Gasteiger partial charge in [0.15, 0.2) is 0 Å². The third kappa shape index (κ3) is 1.30. The van der Waals surface area contributed by atoms with Crippen LogP contribution in [0.2, 0.25) is 0 Å². The molecule has 1 aromatic carbocycles. The predicted molar refractivity (Wildman–Crippen MR) is 54.6 cm³/mol. The lowest BCUT2D eigenvalue weighted by molar-refractivity contribution is 0.170. The van der Waals surface area contributed by atoms with Gasteiger partial charge in [-0.15, -0.1) is 0 Å². The number of rotatable bonds is 0. The van der Waals surface area contributed by atoms with Crippen molar-refractivity contribution in [3.8, 4) is 12.1 Å². The van der Waals surface area contributed by atoms with Gasteiger partial charge in [0, 0.05) is 5.57 Å². The molecule has 0 fully saturated rings. The van der Waals surface area contributed by atoms with Crippen LogP contribution in [-0.2, 0) is 0 Å². The standard InChI is InChI=1S/C12H8N2O2/c13-5-7(6-14)10-11(15)8-3-1-2-4-9(8)12(10)16/h1-4,11-12,15-16H. The first-order valence-electron chi connectivity index (χ1n) is 4.70. The zero-order valence-corrected chi connectivity index (χ0v) is 8.25. The fourth-order valence-electron chi connectivity index (χ4n) is 1.92. The van der Waals surface area contributed by atoms with Gasteiger partial charge in [0.25, 0.3) is 0 Å². The van der Waals surface area contributed by atoms with E-state index in [4.69, 9.17) is 10.5 Å². The molecular formula is C12H8N2O2. The van der Waals surface area contributed by atoms with Crippen LogP contribution < -0.4 is 0 Å². The fourth-order valence-corrected chi connectivity index (χ4v) is 1.92. The lowest BCUT2D eigenvalue weighted by Crippen LogP contribution is -2.01. The second-order valence-electron chi connectivity index (χ2n) is 3.49. The number of hydrogen-bond acceptors (Lipinski definition) is 4. The number of aliphatic hydroxyl groups is 2. The number of allylic oxidation sites excluding steroid dienone is 1. The van der Waals surface area contributed by atoms with E-state index in [2.05, 4.69) is 0 Å². The Morgan fingerprint density at radius 2 is 1.44 bits per heavy atom. The minimum atomic E-state index is -1.07. The first kappa shape index (κ1) is 10.4. The van der Waals surface area contributed by atoms with Crippen molar-refractivity contribution in [3.05, 3.63) is 46.5 Å². The third-order valence-electron chi connectivity index (χ3n) is 2.69. The van der Waals surface area contributed by atoms with Crippen molar-refractivity contribution in [2.45, 2.75) is 12.2 Å². The van der Waals surface area contributed by atoms with Gasteiger partial charge in [-0.3, -0.25) is 0 Å². The number of nitriles is 2. The third-order valence-corrected chi connectivity index (χ3v) is 2.69. The van der Waals surface area contributed by atoms with Gasteiger partial charge in [0.1, 0.15) is 29.9 Å². The summed E-state index contributed by atoms with van der Waals surface area (Å²) in [5.74, 6) is 0. The monoisotopic (exact) mass is 212 g/mol. The molecule has 0 saturated heterocycles. The van der Waals surface area contributed by atoms with Crippen molar-refractivity contribution < 1.29 is 10.2 Å². The molecule has 2 rings (SSSR count).